The van der Waals surface area contributed by atoms with Gasteiger partial charge in [0.25, 0.3) is 0 Å². The van der Waals surface area contributed by atoms with Crippen molar-refractivity contribution in [1.29, 1.82) is 0 Å². The lowest BCUT2D eigenvalue weighted by Crippen LogP contribution is -2.02. The van der Waals surface area contributed by atoms with E-state index in [-0.39, 0.29) is 12.2 Å². The molecule has 0 aliphatic rings. The lowest BCUT2D eigenvalue weighted by atomic mass is 10.1. The van der Waals surface area contributed by atoms with Gasteiger partial charge in [0.1, 0.15) is 11.6 Å². The fourth-order valence-corrected chi connectivity index (χ4v) is 2.02. The van der Waals surface area contributed by atoms with Crippen LogP contribution in [0, 0.1) is 18.6 Å². The number of hydrogen-bond acceptors (Lipinski definition) is 4. The standard InChI is InChI=1S/C16H13F2N3O/c1-10-3-2-4-11(7-10)16-21-20-15(22-16)9-19-14-6-5-12(17)8-13(14)18/h2-8,19H,9H2,1H3. The normalized spacial score (nSPS) is 10.7. The summed E-state index contributed by atoms with van der Waals surface area (Å²) in [5.41, 5.74) is 2.09. The van der Waals surface area contributed by atoms with E-state index in [1.807, 2.05) is 31.2 Å². The number of nitrogens with zero attached hydrogens (tertiary/aromatic N) is 2. The number of aryl methyl sites for hydroxylation is 1. The molecule has 2 aromatic carbocycles. The average molecular weight is 301 g/mol. The molecule has 1 heterocycles. The molecule has 22 heavy (non-hydrogen) atoms. The van der Waals surface area contributed by atoms with Gasteiger partial charge < -0.3 is 9.73 Å². The highest BCUT2D eigenvalue weighted by atomic mass is 19.1. The fourth-order valence-electron chi connectivity index (χ4n) is 2.02. The van der Waals surface area contributed by atoms with Crippen molar-refractivity contribution in [1.82, 2.24) is 10.2 Å². The molecule has 0 spiro atoms. The van der Waals surface area contributed by atoms with Gasteiger partial charge in [-0.1, -0.05) is 17.7 Å². The Morgan fingerprint density at radius 2 is 1.95 bits per heavy atom. The van der Waals surface area contributed by atoms with Gasteiger partial charge in [0.15, 0.2) is 0 Å². The SMILES string of the molecule is Cc1cccc(-c2nnc(CNc3ccc(F)cc3F)o2)c1. The summed E-state index contributed by atoms with van der Waals surface area (Å²) in [4.78, 5) is 0. The largest absolute Gasteiger partial charge is 0.419 e. The molecule has 0 atom stereocenters. The van der Waals surface area contributed by atoms with Crippen molar-refractivity contribution in [2.45, 2.75) is 13.5 Å². The maximum absolute atomic E-state index is 13.5. The summed E-state index contributed by atoms with van der Waals surface area (Å²) in [6.45, 7) is 2.13. The van der Waals surface area contributed by atoms with E-state index in [4.69, 9.17) is 4.42 Å². The van der Waals surface area contributed by atoms with Gasteiger partial charge in [0.2, 0.25) is 11.8 Å². The zero-order valence-corrected chi connectivity index (χ0v) is 11.8. The fraction of sp³-hybridized carbons (Fsp3) is 0.125. The Morgan fingerprint density at radius 1 is 1.09 bits per heavy atom. The molecule has 0 aliphatic heterocycles. The van der Waals surface area contributed by atoms with Crippen LogP contribution >= 0.6 is 0 Å². The molecule has 0 amide bonds. The molecule has 0 fully saturated rings. The van der Waals surface area contributed by atoms with Crippen molar-refractivity contribution in [3.8, 4) is 11.5 Å². The highest BCUT2D eigenvalue weighted by Crippen LogP contribution is 2.20. The van der Waals surface area contributed by atoms with Crippen molar-refractivity contribution in [3.05, 3.63) is 65.6 Å². The van der Waals surface area contributed by atoms with E-state index in [0.29, 0.717) is 11.8 Å². The van der Waals surface area contributed by atoms with Gasteiger partial charge in [-0.3, -0.25) is 0 Å². The highest BCUT2D eigenvalue weighted by molar-refractivity contribution is 5.53. The minimum Gasteiger partial charge on any atom is -0.419 e. The first-order valence-corrected chi connectivity index (χ1v) is 6.70. The van der Waals surface area contributed by atoms with Gasteiger partial charge in [-0.15, -0.1) is 10.2 Å². The first-order valence-electron chi connectivity index (χ1n) is 6.70. The van der Waals surface area contributed by atoms with Crippen molar-refractivity contribution in [2.75, 3.05) is 5.32 Å². The summed E-state index contributed by atoms with van der Waals surface area (Å²) < 4.78 is 31.9. The van der Waals surface area contributed by atoms with Crippen LogP contribution < -0.4 is 5.32 Å². The van der Waals surface area contributed by atoms with Gasteiger partial charge in [0.05, 0.1) is 12.2 Å². The van der Waals surface area contributed by atoms with Crippen LogP contribution in [0.3, 0.4) is 0 Å². The number of anilines is 1. The number of halogens is 2. The van der Waals surface area contributed by atoms with E-state index in [9.17, 15) is 8.78 Å². The third-order valence-electron chi connectivity index (χ3n) is 3.09. The molecule has 0 saturated carbocycles. The van der Waals surface area contributed by atoms with Crippen LogP contribution in [0.2, 0.25) is 0 Å². The van der Waals surface area contributed by atoms with Crippen molar-refractivity contribution < 1.29 is 13.2 Å². The molecule has 0 radical (unpaired) electrons. The van der Waals surface area contributed by atoms with Crippen LogP contribution in [-0.2, 0) is 6.54 Å². The highest BCUT2D eigenvalue weighted by Gasteiger charge is 2.10. The average Bonchev–Trinajstić information content (AvgIpc) is 2.95. The Balaban J connectivity index is 1.72. The number of benzene rings is 2. The van der Waals surface area contributed by atoms with Crippen LogP contribution in [0.15, 0.2) is 46.9 Å². The van der Waals surface area contributed by atoms with E-state index in [1.54, 1.807) is 0 Å². The molecule has 1 aromatic heterocycles. The number of aromatic nitrogens is 2. The number of nitrogens with one attached hydrogen (secondary N) is 1. The second-order valence-electron chi connectivity index (χ2n) is 4.85. The van der Waals surface area contributed by atoms with Crippen molar-refractivity contribution in [3.63, 3.8) is 0 Å². The van der Waals surface area contributed by atoms with Crippen LogP contribution in [-0.4, -0.2) is 10.2 Å². The maximum atomic E-state index is 13.5. The molecule has 1 N–H and O–H groups in total. The Morgan fingerprint density at radius 3 is 2.73 bits per heavy atom. The maximum Gasteiger partial charge on any atom is 0.247 e. The van der Waals surface area contributed by atoms with Crippen LogP contribution in [0.4, 0.5) is 14.5 Å². The second-order valence-corrected chi connectivity index (χ2v) is 4.85. The summed E-state index contributed by atoms with van der Waals surface area (Å²) in [5.74, 6) is -0.568. The van der Waals surface area contributed by atoms with Gasteiger partial charge in [0, 0.05) is 11.6 Å². The Hall–Kier alpha value is -2.76. The van der Waals surface area contributed by atoms with E-state index < -0.39 is 11.6 Å². The minimum atomic E-state index is -0.668. The Bertz CT molecular complexity index is 802. The topological polar surface area (TPSA) is 51.0 Å². The molecule has 3 rings (SSSR count). The smallest absolute Gasteiger partial charge is 0.247 e. The molecular weight excluding hydrogens is 288 g/mol. The van der Waals surface area contributed by atoms with Gasteiger partial charge in [-0.2, -0.15) is 0 Å². The molecule has 3 aromatic rings. The van der Waals surface area contributed by atoms with E-state index in [1.165, 1.54) is 12.1 Å². The summed E-state index contributed by atoms with van der Waals surface area (Å²) in [6, 6.07) is 11.0. The first kappa shape index (κ1) is 14.2. The summed E-state index contributed by atoms with van der Waals surface area (Å²) in [7, 11) is 0. The zero-order chi connectivity index (χ0) is 15.5. The van der Waals surface area contributed by atoms with Gasteiger partial charge in [-0.25, -0.2) is 8.78 Å². The summed E-state index contributed by atoms with van der Waals surface area (Å²) >= 11 is 0. The first-order chi connectivity index (χ1) is 10.6. The van der Waals surface area contributed by atoms with E-state index in [2.05, 4.69) is 15.5 Å². The molecule has 0 unspecified atom stereocenters. The monoisotopic (exact) mass is 301 g/mol. The quantitative estimate of drug-likeness (QED) is 0.793. The molecule has 0 aliphatic carbocycles. The lowest BCUT2D eigenvalue weighted by Gasteiger charge is -2.04. The van der Waals surface area contributed by atoms with Crippen LogP contribution in [0.1, 0.15) is 11.5 Å². The van der Waals surface area contributed by atoms with Crippen molar-refractivity contribution in [2.24, 2.45) is 0 Å². The predicted octanol–water partition coefficient (Wildman–Crippen LogP) is 3.94. The lowest BCUT2D eigenvalue weighted by molar-refractivity contribution is 0.514. The minimum absolute atomic E-state index is 0.154. The van der Waals surface area contributed by atoms with Gasteiger partial charge in [-0.05, 0) is 31.2 Å². The third kappa shape index (κ3) is 3.11. The number of rotatable bonds is 4. The Kier molecular flexibility index (Phi) is 3.82. The molecule has 112 valence electrons. The molecule has 6 heteroatoms. The Labute approximate surface area is 125 Å². The van der Waals surface area contributed by atoms with E-state index in [0.717, 1.165) is 17.2 Å². The number of hydrogen-bond donors (Lipinski definition) is 1. The van der Waals surface area contributed by atoms with Crippen LogP contribution in [0.5, 0.6) is 0 Å². The van der Waals surface area contributed by atoms with Gasteiger partial charge >= 0.3 is 0 Å². The molecular formula is C16H13F2N3O. The van der Waals surface area contributed by atoms with E-state index >= 15 is 0 Å². The molecule has 0 bridgehead atoms. The van der Waals surface area contributed by atoms with Crippen molar-refractivity contribution >= 4 is 5.69 Å². The predicted molar refractivity (Wildman–Crippen MR) is 78.2 cm³/mol. The summed E-state index contributed by atoms with van der Waals surface area (Å²) in [5, 5.41) is 10.7. The molecule has 0 saturated heterocycles. The third-order valence-corrected chi connectivity index (χ3v) is 3.09. The van der Waals surface area contributed by atoms with Crippen LogP contribution in [0.25, 0.3) is 11.5 Å². The summed E-state index contributed by atoms with van der Waals surface area (Å²) in [6.07, 6.45) is 0. The molecule has 4 nitrogen and oxygen atoms in total. The zero-order valence-electron chi connectivity index (χ0n) is 11.8. The second kappa shape index (κ2) is 5.93.